The first kappa shape index (κ1) is 15.8. The van der Waals surface area contributed by atoms with Crippen LogP contribution in [0.25, 0.3) is 0 Å². The number of ether oxygens (including phenoxy) is 2. The van der Waals surface area contributed by atoms with Crippen LogP contribution in [0.4, 0.5) is 0 Å². The standard InChI is InChI=1S/C13H25NO3S/c1-4-17-12(15)13(3,14)9-10(2)18-11-5-7-16-8-6-11/h10-11H,4-9,14H2,1-3H3. The third-order valence-corrected chi connectivity index (χ3v) is 4.53. The Morgan fingerprint density at radius 1 is 1.56 bits per heavy atom. The minimum absolute atomic E-state index is 0.301. The van der Waals surface area contributed by atoms with Gasteiger partial charge >= 0.3 is 5.97 Å². The fourth-order valence-electron chi connectivity index (χ4n) is 2.17. The summed E-state index contributed by atoms with van der Waals surface area (Å²) >= 11 is 1.92. The van der Waals surface area contributed by atoms with Crippen LogP contribution in [0.1, 0.15) is 40.0 Å². The maximum absolute atomic E-state index is 11.7. The fraction of sp³-hybridized carbons (Fsp3) is 0.923. The average molecular weight is 275 g/mol. The molecule has 1 heterocycles. The lowest BCUT2D eigenvalue weighted by atomic mass is 9.98. The van der Waals surface area contributed by atoms with Gasteiger partial charge in [-0.05, 0) is 33.1 Å². The van der Waals surface area contributed by atoms with Crippen molar-refractivity contribution in [2.45, 2.75) is 56.1 Å². The lowest BCUT2D eigenvalue weighted by Crippen LogP contribution is -2.48. The molecule has 1 aliphatic heterocycles. The van der Waals surface area contributed by atoms with Gasteiger partial charge in [0.1, 0.15) is 5.54 Å². The molecular formula is C13H25NO3S. The molecule has 0 amide bonds. The maximum Gasteiger partial charge on any atom is 0.325 e. The molecule has 106 valence electrons. The van der Waals surface area contributed by atoms with E-state index in [2.05, 4.69) is 6.92 Å². The van der Waals surface area contributed by atoms with Crippen molar-refractivity contribution in [2.75, 3.05) is 19.8 Å². The summed E-state index contributed by atoms with van der Waals surface area (Å²) in [5.74, 6) is -0.301. The van der Waals surface area contributed by atoms with Crippen molar-refractivity contribution in [3.8, 4) is 0 Å². The predicted octanol–water partition coefficient (Wildman–Crippen LogP) is 1.96. The third kappa shape index (κ3) is 5.16. The predicted molar refractivity (Wildman–Crippen MR) is 74.7 cm³/mol. The molecule has 0 bridgehead atoms. The fourth-order valence-corrected chi connectivity index (χ4v) is 3.73. The van der Waals surface area contributed by atoms with Gasteiger partial charge in [0.15, 0.2) is 0 Å². The first-order valence-corrected chi connectivity index (χ1v) is 7.59. The van der Waals surface area contributed by atoms with Crippen LogP contribution in [0.2, 0.25) is 0 Å². The van der Waals surface area contributed by atoms with Crippen molar-refractivity contribution in [1.29, 1.82) is 0 Å². The third-order valence-electron chi connectivity index (χ3n) is 3.05. The second-order valence-corrected chi connectivity index (χ2v) is 6.84. The highest BCUT2D eigenvalue weighted by Gasteiger charge is 2.32. The van der Waals surface area contributed by atoms with Gasteiger partial charge in [-0.3, -0.25) is 4.79 Å². The van der Waals surface area contributed by atoms with Crippen LogP contribution in [-0.2, 0) is 14.3 Å². The van der Waals surface area contributed by atoms with E-state index in [1.807, 2.05) is 11.8 Å². The van der Waals surface area contributed by atoms with Crippen LogP contribution in [0.5, 0.6) is 0 Å². The average Bonchev–Trinajstić information content (AvgIpc) is 2.29. The molecule has 0 radical (unpaired) electrons. The summed E-state index contributed by atoms with van der Waals surface area (Å²) in [7, 11) is 0. The molecule has 0 spiro atoms. The number of rotatable bonds is 6. The van der Waals surface area contributed by atoms with E-state index in [0.717, 1.165) is 26.1 Å². The summed E-state index contributed by atoms with van der Waals surface area (Å²) in [6.45, 7) is 7.77. The van der Waals surface area contributed by atoms with Crippen LogP contribution >= 0.6 is 11.8 Å². The Morgan fingerprint density at radius 3 is 2.72 bits per heavy atom. The van der Waals surface area contributed by atoms with Crippen molar-refractivity contribution in [3.63, 3.8) is 0 Å². The summed E-state index contributed by atoms with van der Waals surface area (Å²) in [6.07, 6.45) is 2.83. The first-order valence-electron chi connectivity index (χ1n) is 6.65. The number of hydrogen-bond acceptors (Lipinski definition) is 5. The van der Waals surface area contributed by atoms with Crippen LogP contribution in [0.3, 0.4) is 0 Å². The highest BCUT2D eigenvalue weighted by Crippen LogP contribution is 2.30. The van der Waals surface area contributed by atoms with Gasteiger partial charge in [-0.15, -0.1) is 0 Å². The summed E-state index contributed by atoms with van der Waals surface area (Å²) in [5, 5.41) is 0.985. The van der Waals surface area contributed by atoms with Crippen molar-refractivity contribution < 1.29 is 14.3 Å². The molecule has 1 aliphatic rings. The Labute approximate surface area is 114 Å². The number of nitrogens with two attached hydrogens (primary N) is 1. The quantitative estimate of drug-likeness (QED) is 0.751. The second-order valence-electron chi connectivity index (χ2n) is 5.10. The molecule has 1 fully saturated rings. The molecule has 2 atom stereocenters. The topological polar surface area (TPSA) is 61.5 Å². The lowest BCUT2D eigenvalue weighted by molar-refractivity contribution is -0.149. The monoisotopic (exact) mass is 275 g/mol. The summed E-state index contributed by atoms with van der Waals surface area (Å²) in [5.41, 5.74) is 5.16. The number of hydrogen-bond donors (Lipinski definition) is 1. The van der Waals surface area contributed by atoms with Gasteiger partial charge in [-0.25, -0.2) is 0 Å². The normalized spacial score (nSPS) is 22.2. The molecule has 18 heavy (non-hydrogen) atoms. The van der Waals surface area contributed by atoms with Gasteiger partial charge in [0.2, 0.25) is 0 Å². The first-order chi connectivity index (χ1) is 8.45. The largest absolute Gasteiger partial charge is 0.465 e. The van der Waals surface area contributed by atoms with Crippen LogP contribution < -0.4 is 5.73 Å². The molecule has 0 aromatic heterocycles. The molecule has 1 saturated heterocycles. The zero-order chi connectivity index (χ0) is 13.6. The van der Waals surface area contributed by atoms with Crippen molar-refractivity contribution >= 4 is 17.7 Å². The Morgan fingerprint density at radius 2 is 2.17 bits per heavy atom. The van der Waals surface area contributed by atoms with E-state index in [9.17, 15) is 4.79 Å². The summed E-state index contributed by atoms with van der Waals surface area (Å²) < 4.78 is 10.3. The van der Waals surface area contributed by atoms with E-state index >= 15 is 0 Å². The highest BCUT2D eigenvalue weighted by atomic mass is 32.2. The Balaban J connectivity index is 2.37. The zero-order valence-corrected chi connectivity index (χ0v) is 12.4. The second kappa shape index (κ2) is 7.36. The van der Waals surface area contributed by atoms with Crippen LogP contribution in [0.15, 0.2) is 0 Å². The SMILES string of the molecule is CCOC(=O)C(C)(N)CC(C)SC1CCOCC1. The molecule has 5 heteroatoms. The van der Waals surface area contributed by atoms with E-state index in [0.29, 0.717) is 23.5 Å². The van der Waals surface area contributed by atoms with Crippen molar-refractivity contribution in [3.05, 3.63) is 0 Å². The number of thioether (sulfide) groups is 1. The van der Waals surface area contributed by atoms with E-state index in [1.165, 1.54) is 0 Å². The number of esters is 1. The van der Waals surface area contributed by atoms with Crippen molar-refractivity contribution in [2.24, 2.45) is 5.73 Å². The maximum atomic E-state index is 11.7. The zero-order valence-electron chi connectivity index (χ0n) is 11.6. The smallest absolute Gasteiger partial charge is 0.325 e. The summed E-state index contributed by atoms with van der Waals surface area (Å²) in [4.78, 5) is 11.7. The van der Waals surface area contributed by atoms with Gasteiger partial charge in [-0.2, -0.15) is 11.8 Å². The highest BCUT2D eigenvalue weighted by molar-refractivity contribution is 8.00. The van der Waals surface area contributed by atoms with Gasteiger partial charge in [0.05, 0.1) is 6.61 Å². The molecule has 0 aromatic carbocycles. The van der Waals surface area contributed by atoms with Gasteiger partial charge in [-0.1, -0.05) is 6.92 Å². The molecule has 2 N–H and O–H groups in total. The molecule has 2 unspecified atom stereocenters. The Hall–Kier alpha value is -0.260. The van der Waals surface area contributed by atoms with E-state index in [1.54, 1.807) is 13.8 Å². The molecule has 1 rings (SSSR count). The van der Waals surface area contributed by atoms with Crippen LogP contribution in [0, 0.1) is 0 Å². The Kier molecular flexibility index (Phi) is 6.46. The molecule has 0 aromatic rings. The van der Waals surface area contributed by atoms with Gasteiger partial charge in [0, 0.05) is 23.7 Å². The van der Waals surface area contributed by atoms with Crippen LogP contribution in [-0.4, -0.2) is 41.8 Å². The van der Waals surface area contributed by atoms with E-state index < -0.39 is 5.54 Å². The lowest BCUT2D eigenvalue weighted by Gasteiger charge is -2.29. The van der Waals surface area contributed by atoms with Gasteiger partial charge in [0.25, 0.3) is 0 Å². The number of carbonyl (C=O) groups excluding carboxylic acids is 1. The molecular weight excluding hydrogens is 250 g/mol. The minimum Gasteiger partial charge on any atom is -0.465 e. The van der Waals surface area contributed by atoms with E-state index in [4.69, 9.17) is 15.2 Å². The number of carbonyl (C=O) groups is 1. The van der Waals surface area contributed by atoms with Crippen molar-refractivity contribution in [1.82, 2.24) is 0 Å². The molecule has 0 saturated carbocycles. The molecule has 0 aliphatic carbocycles. The summed E-state index contributed by atoms with van der Waals surface area (Å²) in [6, 6.07) is 0. The van der Waals surface area contributed by atoms with E-state index in [-0.39, 0.29) is 5.97 Å². The molecule has 4 nitrogen and oxygen atoms in total. The Bertz CT molecular complexity index is 265. The minimum atomic E-state index is -0.881. The van der Waals surface area contributed by atoms with Gasteiger partial charge < -0.3 is 15.2 Å².